The highest BCUT2D eigenvalue weighted by Crippen LogP contribution is 2.39. The van der Waals surface area contributed by atoms with Gasteiger partial charge in [-0.25, -0.2) is 0 Å². The van der Waals surface area contributed by atoms with E-state index in [1.807, 2.05) is 17.4 Å². The molecule has 184 valence electrons. The Morgan fingerprint density at radius 1 is 0.436 bits per heavy atom. The maximum Gasteiger partial charge on any atom is 0.0561 e. The number of benzene rings is 6. The molecule has 6 aromatic carbocycles. The standard InChI is InChI=1S/C36H24N2S/c1-3-9-26(10-4-1)37-27-17-19-30-29-18-15-25(22-33(29)38(34(30)23-27)28-11-5-2-6-12-28)24-16-20-36-32(21-24)31-13-7-8-14-35(31)39-36/h1-23,37H. The molecule has 0 saturated heterocycles. The molecule has 8 aromatic rings. The molecular formula is C36H24N2S. The van der Waals surface area contributed by atoms with Gasteiger partial charge in [-0.2, -0.15) is 0 Å². The Balaban J connectivity index is 1.34. The van der Waals surface area contributed by atoms with E-state index >= 15 is 0 Å². The van der Waals surface area contributed by atoms with Crippen molar-refractivity contribution in [1.82, 2.24) is 4.57 Å². The van der Waals surface area contributed by atoms with Gasteiger partial charge in [-0.05, 0) is 71.8 Å². The van der Waals surface area contributed by atoms with E-state index in [0.29, 0.717) is 0 Å². The minimum atomic E-state index is 1.07. The van der Waals surface area contributed by atoms with Crippen LogP contribution in [-0.4, -0.2) is 4.57 Å². The third-order valence-corrected chi connectivity index (χ3v) is 8.71. The van der Waals surface area contributed by atoms with Crippen molar-refractivity contribution in [3.8, 4) is 16.8 Å². The van der Waals surface area contributed by atoms with Crippen molar-refractivity contribution in [3.63, 3.8) is 0 Å². The zero-order valence-corrected chi connectivity index (χ0v) is 22.0. The molecule has 0 saturated carbocycles. The number of nitrogens with one attached hydrogen (secondary N) is 1. The number of rotatable bonds is 4. The van der Waals surface area contributed by atoms with Gasteiger partial charge in [0, 0.05) is 48.0 Å². The van der Waals surface area contributed by atoms with E-state index in [9.17, 15) is 0 Å². The molecule has 0 aliphatic heterocycles. The van der Waals surface area contributed by atoms with Crippen molar-refractivity contribution in [3.05, 3.63) is 140 Å². The Morgan fingerprint density at radius 3 is 1.92 bits per heavy atom. The van der Waals surface area contributed by atoms with E-state index in [2.05, 4.69) is 143 Å². The zero-order valence-electron chi connectivity index (χ0n) is 21.1. The fourth-order valence-electron chi connectivity index (χ4n) is 5.72. The first-order valence-corrected chi connectivity index (χ1v) is 14.0. The first-order valence-electron chi connectivity index (χ1n) is 13.2. The van der Waals surface area contributed by atoms with Crippen LogP contribution in [0, 0.1) is 0 Å². The molecule has 2 nitrogen and oxygen atoms in total. The Bertz CT molecular complexity index is 2140. The second kappa shape index (κ2) is 8.87. The number of aromatic nitrogens is 1. The van der Waals surface area contributed by atoms with Crippen LogP contribution in [0.15, 0.2) is 140 Å². The molecule has 0 fully saturated rings. The van der Waals surface area contributed by atoms with Crippen LogP contribution in [-0.2, 0) is 0 Å². The fourth-order valence-corrected chi connectivity index (χ4v) is 6.81. The van der Waals surface area contributed by atoms with Crippen LogP contribution < -0.4 is 5.32 Å². The van der Waals surface area contributed by atoms with Crippen molar-refractivity contribution < 1.29 is 0 Å². The van der Waals surface area contributed by atoms with Crippen molar-refractivity contribution in [1.29, 1.82) is 0 Å². The van der Waals surface area contributed by atoms with Crippen molar-refractivity contribution in [2.75, 3.05) is 5.32 Å². The van der Waals surface area contributed by atoms with Crippen LogP contribution in [0.4, 0.5) is 11.4 Å². The lowest BCUT2D eigenvalue weighted by molar-refractivity contribution is 1.18. The number of nitrogens with zero attached hydrogens (tertiary/aromatic N) is 1. The second-order valence-electron chi connectivity index (χ2n) is 9.94. The molecule has 0 unspecified atom stereocenters. The van der Waals surface area contributed by atoms with E-state index in [1.54, 1.807) is 0 Å². The fraction of sp³-hybridized carbons (Fsp3) is 0. The number of anilines is 2. The Kier molecular flexibility index (Phi) is 5.04. The number of hydrogen-bond acceptors (Lipinski definition) is 2. The summed E-state index contributed by atoms with van der Waals surface area (Å²) in [7, 11) is 0. The molecule has 2 heterocycles. The zero-order chi connectivity index (χ0) is 25.8. The maximum atomic E-state index is 3.57. The van der Waals surface area contributed by atoms with Crippen LogP contribution in [0.25, 0.3) is 58.8 Å². The van der Waals surface area contributed by atoms with Crippen molar-refractivity contribution in [2.45, 2.75) is 0 Å². The molecule has 0 atom stereocenters. The SMILES string of the molecule is c1ccc(Nc2ccc3c4ccc(-c5ccc6sc7ccccc7c6c5)cc4n(-c4ccccc4)c3c2)cc1. The van der Waals surface area contributed by atoms with E-state index in [4.69, 9.17) is 0 Å². The average molecular weight is 517 g/mol. The smallest absolute Gasteiger partial charge is 0.0561 e. The molecule has 0 spiro atoms. The van der Waals surface area contributed by atoms with Gasteiger partial charge in [-0.3, -0.25) is 0 Å². The van der Waals surface area contributed by atoms with Gasteiger partial charge in [0.05, 0.1) is 11.0 Å². The predicted octanol–water partition coefficient (Wildman–Crippen LogP) is 10.6. The molecule has 0 radical (unpaired) electrons. The number of thiophene rings is 1. The Morgan fingerprint density at radius 2 is 1.08 bits per heavy atom. The quantitative estimate of drug-likeness (QED) is 0.246. The summed E-state index contributed by atoms with van der Waals surface area (Å²) in [5, 5.41) is 8.73. The molecule has 3 heteroatoms. The molecule has 0 aliphatic carbocycles. The van der Waals surface area contributed by atoms with E-state index in [-0.39, 0.29) is 0 Å². The van der Waals surface area contributed by atoms with E-state index in [1.165, 1.54) is 53.1 Å². The van der Waals surface area contributed by atoms with Gasteiger partial charge in [-0.15, -0.1) is 11.3 Å². The molecule has 0 aliphatic rings. The van der Waals surface area contributed by atoms with Gasteiger partial charge in [-0.1, -0.05) is 78.9 Å². The van der Waals surface area contributed by atoms with E-state index < -0.39 is 0 Å². The third kappa shape index (κ3) is 3.70. The summed E-state index contributed by atoms with van der Waals surface area (Å²) in [5.41, 5.74) is 8.17. The highest BCUT2D eigenvalue weighted by Gasteiger charge is 2.15. The van der Waals surface area contributed by atoms with Crippen LogP contribution in [0.3, 0.4) is 0 Å². The summed E-state index contributed by atoms with van der Waals surface area (Å²) in [4.78, 5) is 0. The van der Waals surface area contributed by atoms with Gasteiger partial charge in [0.25, 0.3) is 0 Å². The van der Waals surface area contributed by atoms with Crippen molar-refractivity contribution in [2.24, 2.45) is 0 Å². The minimum Gasteiger partial charge on any atom is -0.355 e. The van der Waals surface area contributed by atoms with Crippen molar-refractivity contribution >= 4 is 64.7 Å². The number of para-hydroxylation sites is 2. The first kappa shape index (κ1) is 22.2. The second-order valence-corrected chi connectivity index (χ2v) is 11.0. The molecule has 1 N–H and O–H groups in total. The number of hydrogen-bond donors (Lipinski definition) is 1. The van der Waals surface area contributed by atoms with Crippen LogP contribution in [0.2, 0.25) is 0 Å². The first-order chi connectivity index (χ1) is 19.3. The summed E-state index contributed by atoms with van der Waals surface area (Å²) < 4.78 is 5.06. The molecule has 0 amide bonds. The summed E-state index contributed by atoms with van der Waals surface area (Å²) in [6, 6.07) is 50.2. The molecule has 0 bridgehead atoms. The molecular weight excluding hydrogens is 492 g/mol. The summed E-state index contributed by atoms with van der Waals surface area (Å²) in [6.45, 7) is 0. The van der Waals surface area contributed by atoms with Crippen LogP contribution >= 0.6 is 11.3 Å². The van der Waals surface area contributed by atoms with E-state index in [0.717, 1.165) is 17.1 Å². The average Bonchev–Trinajstić information content (AvgIpc) is 3.52. The lowest BCUT2D eigenvalue weighted by atomic mass is 10.0. The van der Waals surface area contributed by atoms with Crippen LogP contribution in [0.5, 0.6) is 0 Å². The maximum absolute atomic E-state index is 3.57. The van der Waals surface area contributed by atoms with Crippen LogP contribution in [0.1, 0.15) is 0 Å². The summed E-state index contributed by atoms with van der Waals surface area (Å²) in [6.07, 6.45) is 0. The lowest BCUT2D eigenvalue weighted by Gasteiger charge is -2.10. The topological polar surface area (TPSA) is 17.0 Å². The minimum absolute atomic E-state index is 1.07. The summed E-state index contributed by atoms with van der Waals surface area (Å²) in [5.74, 6) is 0. The summed E-state index contributed by atoms with van der Waals surface area (Å²) >= 11 is 1.86. The normalized spacial score (nSPS) is 11.6. The molecule has 2 aromatic heterocycles. The monoisotopic (exact) mass is 516 g/mol. The van der Waals surface area contributed by atoms with Gasteiger partial charge in [0.15, 0.2) is 0 Å². The number of fused-ring (bicyclic) bond motifs is 6. The largest absolute Gasteiger partial charge is 0.355 e. The molecule has 8 rings (SSSR count). The van der Waals surface area contributed by atoms with Gasteiger partial charge in [0.2, 0.25) is 0 Å². The van der Waals surface area contributed by atoms with Gasteiger partial charge < -0.3 is 9.88 Å². The van der Waals surface area contributed by atoms with Gasteiger partial charge in [0.1, 0.15) is 0 Å². The van der Waals surface area contributed by atoms with Gasteiger partial charge >= 0.3 is 0 Å². The highest BCUT2D eigenvalue weighted by molar-refractivity contribution is 7.25. The third-order valence-electron chi connectivity index (χ3n) is 7.55. The highest BCUT2D eigenvalue weighted by atomic mass is 32.1. The Labute approximate surface area is 230 Å². The lowest BCUT2D eigenvalue weighted by Crippen LogP contribution is -1.95. The Hall–Kier alpha value is -4.86. The molecule has 39 heavy (non-hydrogen) atoms. The predicted molar refractivity (Wildman–Crippen MR) is 169 cm³/mol.